The molecule has 3 aromatic carbocycles. The van der Waals surface area contributed by atoms with Crippen LogP contribution in [0, 0.1) is 0 Å². The number of carboxylic acids is 1. The predicted molar refractivity (Wildman–Crippen MR) is 124 cm³/mol. The Morgan fingerprint density at radius 2 is 1.82 bits per heavy atom. The molecule has 2 heterocycles. The van der Waals surface area contributed by atoms with Crippen LogP contribution in [0.5, 0.6) is 17.2 Å². The maximum atomic E-state index is 10.6. The molecule has 0 unspecified atom stereocenters. The smallest absolute Gasteiger partial charge is 0.303 e. The first-order chi connectivity index (χ1) is 16.2. The van der Waals surface area contributed by atoms with Gasteiger partial charge in [-0.25, -0.2) is 4.98 Å². The van der Waals surface area contributed by atoms with Gasteiger partial charge in [-0.2, -0.15) is 0 Å². The Kier molecular flexibility index (Phi) is 5.85. The molecule has 0 amide bonds. The fraction of sp³-hybridized carbons (Fsp3) is 0.231. The molecule has 33 heavy (non-hydrogen) atoms. The van der Waals surface area contributed by atoms with Crippen LogP contribution in [0.4, 0.5) is 0 Å². The molecule has 7 heteroatoms. The van der Waals surface area contributed by atoms with Gasteiger partial charge in [0, 0.05) is 24.1 Å². The third kappa shape index (κ3) is 4.48. The second-order valence-corrected chi connectivity index (χ2v) is 7.88. The Labute approximate surface area is 191 Å². The molecule has 0 aliphatic carbocycles. The van der Waals surface area contributed by atoms with Gasteiger partial charge in [0.05, 0.1) is 23.3 Å². The van der Waals surface area contributed by atoms with Crippen LogP contribution in [0.15, 0.2) is 66.7 Å². The molecular weight excluding hydrogens is 420 g/mol. The van der Waals surface area contributed by atoms with Crippen LogP contribution >= 0.6 is 0 Å². The van der Waals surface area contributed by atoms with E-state index in [1.807, 2.05) is 66.7 Å². The zero-order valence-corrected chi connectivity index (χ0v) is 18.1. The topological polar surface area (TPSA) is 82.8 Å². The standard InChI is InChI=1S/C26H24N2O5/c29-25(30)9-5-2-6-14-31-20-11-12-21-22(16-20)28(26(27-21)18-7-3-1-4-8-18)19-10-13-23-24(15-19)33-17-32-23/h1,3-4,7-8,10-13,15-16H,2,5-6,9,14,17H2,(H,29,30). The van der Waals surface area contributed by atoms with E-state index in [9.17, 15) is 4.79 Å². The Balaban J connectivity index is 1.47. The zero-order valence-electron chi connectivity index (χ0n) is 18.1. The average molecular weight is 444 g/mol. The monoisotopic (exact) mass is 444 g/mol. The summed E-state index contributed by atoms with van der Waals surface area (Å²) in [7, 11) is 0. The minimum Gasteiger partial charge on any atom is -0.494 e. The van der Waals surface area contributed by atoms with Crippen molar-refractivity contribution in [1.29, 1.82) is 0 Å². The van der Waals surface area contributed by atoms with Gasteiger partial charge in [-0.05, 0) is 43.5 Å². The lowest BCUT2D eigenvalue weighted by Gasteiger charge is -2.11. The molecule has 0 saturated carbocycles. The van der Waals surface area contributed by atoms with E-state index in [-0.39, 0.29) is 13.2 Å². The van der Waals surface area contributed by atoms with Crippen molar-refractivity contribution in [2.45, 2.75) is 25.7 Å². The molecule has 1 aromatic heterocycles. The van der Waals surface area contributed by atoms with Crippen LogP contribution in [0.2, 0.25) is 0 Å². The first-order valence-corrected chi connectivity index (χ1v) is 11.0. The number of hydrogen-bond acceptors (Lipinski definition) is 5. The van der Waals surface area contributed by atoms with Gasteiger partial charge in [0.1, 0.15) is 11.6 Å². The van der Waals surface area contributed by atoms with Crippen molar-refractivity contribution in [2.24, 2.45) is 0 Å². The summed E-state index contributed by atoms with van der Waals surface area (Å²) in [5.41, 5.74) is 3.72. The lowest BCUT2D eigenvalue weighted by Crippen LogP contribution is -2.00. The highest BCUT2D eigenvalue weighted by Crippen LogP contribution is 2.37. The second kappa shape index (κ2) is 9.24. The predicted octanol–water partition coefficient (Wildman–Crippen LogP) is 5.45. The third-order valence-corrected chi connectivity index (χ3v) is 5.58. The first kappa shape index (κ1) is 20.9. The van der Waals surface area contributed by atoms with Gasteiger partial charge in [-0.15, -0.1) is 0 Å². The minimum absolute atomic E-state index is 0.197. The Bertz CT molecular complexity index is 1280. The van der Waals surface area contributed by atoms with Crippen molar-refractivity contribution in [2.75, 3.05) is 13.4 Å². The molecule has 0 fully saturated rings. The Hall–Kier alpha value is -4.00. The summed E-state index contributed by atoms with van der Waals surface area (Å²) in [4.78, 5) is 15.6. The number of aliphatic carboxylic acids is 1. The number of carboxylic acid groups (broad SMARTS) is 1. The van der Waals surface area contributed by atoms with Crippen LogP contribution in [-0.4, -0.2) is 34.0 Å². The number of fused-ring (bicyclic) bond motifs is 2. The molecule has 1 N–H and O–H groups in total. The molecule has 1 aliphatic rings. The van der Waals surface area contributed by atoms with E-state index in [1.54, 1.807) is 0 Å². The van der Waals surface area contributed by atoms with Crippen LogP contribution in [0.25, 0.3) is 28.1 Å². The number of imidazole rings is 1. The van der Waals surface area contributed by atoms with E-state index in [0.717, 1.165) is 52.4 Å². The maximum absolute atomic E-state index is 10.6. The number of nitrogens with zero attached hydrogens (tertiary/aromatic N) is 2. The fourth-order valence-corrected chi connectivity index (χ4v) is 3.96. The number of benzene rings is 3. The van der Waals surface area contributed by atoms with E-state index in [0.29, 0.717) is 18.8 Å². The number of carbonyl (C=O) groups is 1. The van der Waals surface area contributed by atoms with E-state index >= 15 is 0 Å². The molecule has 0 atom stereocenters. The summed E-state index contributed by atoms with van der Waals surface area (Å²) >= 11 is 0. The second-order valence-electron chi connectivity index (χ2n) is 7.88. The lowest BCUT2D eigenvalue weighted by molar-refractivity contribution is -0.137. The van der Waals surface area contributed by atoms with Gasteiger partial charge in [0.25, 0.3) is 0 Å². The van der Waals surface area contributed by atoms with Crippen molar-refractivity contribution in [3.63, 3.8) is 0 Å². The number of hydrogen-bond donors (Lipinski definition) is 1. The van der Waals surface area contributed by atoms with Crippen molar-refractivity contribution >= 4 is 17.0 Å². The van der Waals surface area contributed by atoms with Crippen LogP contribution in [0.3, 0.4) is 0 Å². The number of ether oxygens (including phenoxy) is 3. The quantitative estimate of drug-likeness (QED) is 0.346. The molecular formula is C26H24N2O5. The molecule has 168 valence electrons. The number of aromatic nitrogens is 2. The van der Waals surface area contributed by atoms with Gasteiger partial charge in [0.2, 0.25) is 6.79 Å². The van der Waals surface area contributed by atoms with Gasteiger partial charge in [-0.1, -0.05) is 30.3 Å². The average Bonchev–Trinajstić information content (AvgIpc) is 3.45. The highest BCUT2D eigenvalue weighted by atomic mass is 16.7. The molecule has 5 rings (SSSR count). The van der Waals surface area contributed by atoms with E-state index in [2.05, 4.69) is 4.57 Å². The maximum Gasteiger partial charge on any atom is 0.303 e. The van der Waals surface area contributed by atoms with Gasteiger partial charge >= 0.3 is 5.97 Å². The molecule has 0 saturated heterocycles. The summed E-state index contributed by atoms with van der Waals surface area (Å²) in [5.74, 6) is 2.27. The number of rotatable bonds is 9. The number of unbranched alkanes of at least 4 members (excludes halogenated alkanes) is 2. The van der Waals surface area contributed by atoms with E-state index in [4.69, 9.17) is 24.3 Å². The molecule has 1 aliphatic heterocycles. The summed E-state index contributed by atoms with van der Waals surface area (Å²) < 4.78 is 19.2. The van der Waals surface area contributed by atoms with Crippen LogP contribution in [0.1, 0.15) is 25.7 Å². The normalized spacial score (nSPS) is 12.2. The molecule has 4 aromatic rings. The molecule has 0 bridgehead atoms. The van der Waals surface area contributed by atoms with Crippen LogP contribution in [-0.2, 0) is 4.79 Å². The summed E-state index contributed by atoms with van der Waals surface area (Å²) in [6, 6.07) is 21.8. The Morgan fingerprint density at radius 3 is 2.67 bits per heavy atom. The Morgan fingerprint density at radius 1 is 0.970 bits per heavy atom. The van der Waals surface area contributed by atoms with Crippen molar-refractivity contribution < 1.29 is 24.1 Å². The van der Waals surface area contributed by atoms with Gasteiger partial charge in [0.15, 0.2) is 11.5 Å². The third-order valence-electron chi connectivity index (χ3n) is 5.58. The highest BCUT2D eigenvalue weighted by Gasteiger charge is 2.19. The lowest BCUT2D eigenvalue weighted by atomic mass is 10.2. The molecule has 0 radical (unpaired) electrons. The molecule has 0 spiro atoms. The SMILES string of the molecule is O=C(O)CCCCCOc1ccc2nc(-c3ccccc3)n(-c3ccc4c(c3)OCO4)c2c1. The highest BCUT2D eigenvalue weighted by molar-refractivity contribution is 5.84. The van der Waals surface area contributed by atoms with Crippen LogP contribution < -0.4 is 14.2 Å². The van der Waals surface area contributed by atoms with Crippen molar-refractivity contribution in [1.82, 2.24) is 9.55 Å². The summed E-state index contributed by atoms with van der Waals surface area (Å²) in [5, 5.41) is 8.75. The van der Waals surface area contributed by atoms with E-state index < -0.39 is 5.97 Å². The zero-order chi connectivity index (χ0) is 22.6. The minimum atomic E-state index is -0.757. The summed E-state index contributed by atoms with van der Waals surface area (Å²) in [6.45, 7) is 0.758. The van der Waals surface area contributed by atoms with Crippen molar-refractivity contribution in [3.8, 4) is 34.3 Å². The van der Waals surface area contributed by atoms with Gasteiger partial charge < -0.3 is 19.3 Å². The summed E-state index contributed by atoms with van der Waals surface area (Å²) in [6.07, 6.45) is 2.49. The fourth-order valence-electron chi connectivity index (χ4n) is 3.96. The van der Waals surface area contributed by atoms with Gasteiger partial charge in [-0.3, -0.25) is 9.36 Å². The van der Waals surface area contributed by atoms with E-state index in [1.165, 1.54) is 0 Å². The largest absolute Gasteiger partial charge is 0.494 e. The molecule has 7 nitrogen and oxygen atoms in total. The van der Waals surface area contributed by atoms with Crippen molar-refractivity contribution in [3.05, 3.63) is 66.7 Å². The first-order valence-electron chi connectivity index (χ1n) is 11.0.